The predicted molar refractivity (Wildman–Crippen MR) is 103 cm³/mol. The van der Waals surface area contributed by atoms with Crippen molar-refractivity contribution in [2.45, 2.75) is 19.8 Å². The maximum absolute atomic E-state index is 14.1. The maximum Gasteiger partial charge on any atom is 0.256 e. The van der Waals surface area contributed by atoms with Gasteiger partial charge in [-0.1, -0.05) is 56.3 Å². The molecule has 5 heteroatoms. The van der Waals surface area contributed by atoms with Crippen LogP contribution in [0.25, 0.3) is 0 Å². The Morgan fingerprint density at radius 1 is 1.07 bits per heavy atom. The van der Waals surface area contributed by atoms with Crippen LogP contribution in [0.2, 0.25) is 0 Å². The highest BCUT2D eigenvalue weighted by molar-refractivity contribution is 5.95. The van der Waals surface area contributed by atoms with Crippen molar-refractivity contribution in [2.24, 2.45) is 11.8 Å². The minimum atomic E-state index is -0.536. The summed E-state index contributed by atoms with van der Waals surface area (Å²) in [6.07, 6.45) is 0. The Labute approximate surface area is 159 Å². The zero-order chi connectivity index (χ0) is 19.4. The number of amides is 2. The predicted octanol–water partition coefficient (Wildman–Crippen LogP) is 3.45. The molecule has 0 aromatic heterocycles. The van der Waals surface area contributed by atoms with Gasteiger partial charge < -0.3 is 10.2 Å². The molecular formula is C22H25FN2O2. The molecule has 2 aromatic rings. The molecule has 1 N–H and O–H groups in total. The molecule has 1 aliphatic heterocycles. The molecular weight excluding hydrogens is 343 g/mol. The number of likely N-dealkylation sites (tertiary alicyclic amines) is 1. The fourth-order valence-corrected chi connectivity index (χ4v) is 3.51. The van der Waals surface area contributed by atoms with Gasteiger partial charge in [-0.15, -0.1) is 0 Å². The molecule has 3 rings (SSSR count). The van der Waals surface area contributed by atoms with E-state index in [-0.39, 0.29) is 35.8 Å². The minimum Gasteiger partial charge on any atom is -0.356 e. The van der Waals surface area contributed by atoms with E-state index in [0.717, 1.165) is 5.56 Å². The summed E-state index contributed by atoms with van der Waals surface area (Å²) < 4.78 is 14.1. The quantitative estimate of drug-likeness (QED) is 0.879. The average molecular weight is 368 g/mol. The van der Waals surface area contributed by atoms with Crippen molar-refractivity contribution in [2.75, 3.05) is 19.6 Å². The van der Waals surface area contributed by atoms with E-state index >= 15 is 0 Å². The lowest BCUT2D eigenvalue weighted by Crippen LogP contribution is -2.37. The Morgan fingerprint density at radius 2 is 1.74 bits per heavy atom. The van der Waals surface area contributed by atoms with Crippen LogP contribution in [0.3, 0.4) is 0 Å². The number of carbonyl (C=O) groups excluding carboxylic acids is 2. The second-order valence-electron chi connectivity index (χ2n) is 7.45. The first-order valence-corrected chi connectivity index (χ1v) is 9.34. The van der Waals surface area contributed by atoms with Gasteiger partial charge in [-0.05, 0) is 23.6 Å². The summed E-state index contributed by atoms with van der Waals surface area (Å²) in [5.74, 6) is -1.06. The summed E-state index contributed by atoms with van der Waals surface area (Å²) in [5.41, 5.74) is 1.07. The third-order valence-electron chi connectivity index (χ3n) is 4.96. The van der Waals surface area contributed by atoms with Crippen molar-refractivity contribution in [3.05, 3.63) is 71.5 Å². The van der Waals surface area contributed by atoms with Crippen molar-refractivity contribution < 1.29 is 14.0 Å². The highest BCUT2D eigenvalue weighted by Crippen LogP contribution is 2.34. The van der Waals surface area contributed by atoms with E-state index in [1.165, 1.54) is 12.1 Å². The van der Waals surface area contributed by atoms with Crippen LogP contribution in [0.4, 0.5) is 4.39 Å². The summed E-state index contributed by atoms with van der Waals surface area (Å²) >= 11 is 0. The molecule has 2 atom stereocenters. The van der Waals surface area contributed by atoms with E-state index in [9.17, 15) is 14.0 Å². The molecule has 142 valence electrons. The number of hydrogen-bond donors (Lipinski definition) is 1. The van der Waals surface area contributed by atoms with E-state index in [1.807, 2.05) is 44.2 Å². The first-order chi connectivity index (χ1) is 13.0. The van der Waals surface area contributed by atoms with Gasteiger partial charge in [0.15, 0.2) is 0 Å². The lowest BCUT2D eigenvalue weighted by molar-refractivity contribution is -0.125. The third-order valence-corrected chi connectivity index (χ3v) is 4.96. The van der Waals surface area contributed by atoms with Crippen molar-refractivity contribution in [3.63, 3.8) is 0 Å². The SMILES string of the molecule is CC(C)CNC(=O)[C@@H]1CN(C(=O)c2ccccc2F)C[C@H]1c1ccccc1. The number of halogens is 1. The normalized spacial score (nSPS) is 19.3. The van der Waals surface area contributed by atoms with Crippen LogP contribution in [0.1, 0.15) is 35.7 Å². The summed E-state index contributed by atoms with van der Waals surface area (Å²) in [4.78, 5) is 27.2. The molecule has 1 saturated heterocycles. The van der Waals surface area contributed by atoms with E-state index in [2.05, 4.69) is 5.32 Å². The molecule has 27 heavy (non-hydrogen) atoms. The number of nitrogens with one attached hydrogen (secondary N) is 1. The number of hydrogen-bond acceptors (Lipinski definition) is 2. The molecule has 0 saturated carbocycles. The van der Waals surface area contributed by atoms with Crippen LogP contribution in [0.5, 0.6) is 0 Å². The maximum atomic E-state index is 14.1. The minimum absolute atomic E-state index is 0.0487. The lowest BCUT2D eigenvalue weighted by atomic mass is 9.88. The fourth-order valence-electron chi connectivity index (χ4n) is 3.51. The van der Waals surface area contributed by atoms with E-state index in [4.69, 9.17) is 0 Å². The standard InChI is InChI=1S/C22H25FN2O2/c1-15(2)12-24-21(26)19-14-25(13-18(19)16-8-4-3-5-9-16)22(27)17-10-6-7-11-20(17)23/h3-11,15,18-19H,12-14H2,1-2H3,(H,24,26)/t18-,19+/m0/s1. The van der Waals surface area contributed by atoms with Gasteiger partial charge in [0.25, 0.3) is 5.91 Å². The van der Waals surface area contributed by atoms with Gasteiger partial charge in [0.05, 0.1) is 11.5 Å². The van der Waals surface area contributed by atoms with Crippen LogP contribution < -0.4 is 5.32 Å². The molecule has 2 aromatic carbocycles. The molecule has 0 unspecified atom stereocenters. The van der Waals surface area contributed by atoms with E-state index in [1.54, 1.807) is 17.0 Å². The van der Waals surface area contributed by atoms with E-state index in [0.29, 0.717) is 19.0 Å². The fraction of sp³-hybridized carbons (Fsp3) is 0.364. The zero-order valence-corrected chi connectivity index (χ0v) is 15.7. The van der Waals surface area contributed by atoms with E-state index < -0.39 is 5.82 Å². The highest BCUT2D eigenvalue weighted by atomic mass is 19.1. The Bertz CT molecular complexity index is 807. The second kappa shape index (κ2) is 8.33. The molecule has 1 fully saturated rings. The average Bonchev–Trinajstić information content (AvgIpc) is 3.12. The summed E-state index contributed by atoms with van der Waals surface area (Å²) in [7, 11) is 0. The molecule has 0 bridgehead atoms. The van der Waals surface area contributed by atoms with Crippen molar-refractivity contribution in [1.82, 2.24) is 10.2 Å². The smallest absolute Gasteiger partial charge is 0.256 e. The highest BCUT2D eigenvalue weighted by Gasteiger charge is 2.40. The van der Waals surface area contributed by atoms with Crippen LogP contribution >= 0.6 is 0 Å². The topological polar surface area (TPSA) is 49.4 Å². The van der Waals surface area contributed by atoms with Gasteiger partial charge in [-0.3, -0.25) is 9.59 Å². The third kappa shape index (κ3) is 4.35. The molecule has 1 aliphatic rings. The number of carbonyl (C=O) groups is 2. The molecule has 0 radical (unpaired) electrons. The summed E-state index contributed by atoms with van der Waals surface area (Å²) in [6.45, 7) is 5.36. The second-order valence-corrected chi connectivity index (χ2v) is 7.45. The first kappa shape index (κ1) is 19.1. The zero-order valence-electron chi connectivity index (χ0n) is 15.7. The van der Waals surface area contributed by atoms with Crippen LogP contribution in [0, 0.1) is 17.7 Å². The largest absolute Gasteiger partial charge is 0.356 e. The number of benzene rings is 2. The Balaban J connectivity index is 1.84. The van der Waals surface area contributed by atoms with Gasteiger partial charge in [-0.2, -0.15) is 0 Å². The van der Waals surface area contributed by atoms with Crippen LogP contribution in [-0.4, -0.2) is 36.3 Å². The van der Waals surface area contributed by atoms with Crippen LogP contribution in [-0.2, 0) is 4.79 Å². The monoisotopic (exact) mass is 368 g/mol. The first-order valence-electron chi connectivity index (χ1n) is 9.34. The lowest BCUT2D eigenvalue weighted by Gasteiger charge is -2.18. The van der Waals surface area contributed by atoms with Crippen LogP contribution in [0.15, 0.2) is 54.6 Å². The molecule has 0 spiro atoms. The van der Waals surface area contributed by atoms with Gasteiger partial charge in [0.2, 0.25) is 5.91 Å². The van der Waals surface area contributed by atoms with Gasteiger partial charge in [0, 0.05) is 25.6 Å². The summed E-state index contributed by atoms with van der Waals surface area (Å²) in [5, 5.41) is 2.98. The Kier molecular flexibility index (Phi) is 5.89. The van der Waals surface area contributed by atoms with Crippen molar-refractivity contribution in [1.29, 1.82) is 0 Å². The number of rotatable bonds is 5. The summed E-state index contributed by atoms with van der Waals surface area (Å²) in [6, 6.07) is 15.7. The number of nitrogens with zero attached hydrogens (tertiary/aromatic N) is 1. The molecule has 2 amide bonds. The molecule has 1 heterocycles. The van der Waals surface area contributed by atoms with Gasteiger partial charge in [0.1, 0.15) is 5.82 Å². The molecule has 4 nitrogen and oxygen atoms in total. The molecule has 0 aliphatic carbocycles. The Hall–Kier alpha value is -2.69. The van der Waals surface area contributed by atoms with Gasteiger partial charge >= 0.3 is 0 Å². The van der Waals surface area contributed by atoms with Gasteiger partial charge in [-0.25, -0.2) is 4.39 Å². The van der Waals surface area contributed by atoms with Crippen molar-refractivity contribution in [3.8, 4) is 0 Å². The Morgan fingerprint density at radius 3 is 2.41 bits per heavy atom. The van der Waals surface area contributed by atoms with Crippen molar-refractivity contribution >= 4 is 11.8 Å².